The Hall–Kier alpha value is -1.94. The van der Waals surface area contributed by atoms with E-state index in [4.69, 9.17) is 11.6 Å². The molecule has 0 bridgehead atoms. The summed E-state index contributed by atoms with van der Waals surface area (Å²) < 4.78 is 52.9. The Balaban J connectivity index is 1.72. The number of hydrogen-bond donors (Lipinski definition) is 1. The highest BCUT2D eigenvalue weighted by Gasteiger charge is 2.49. The third-order valence-electron chi connectivity index (χ3n) is 4.59. The van der Waals surface area contributed by atoms with E-state index in [1.165, 1.54) is 24.3 Å². The Morgan fingerprint density at radius 3 is 2.17 bits per heavy atom. The molecule has 1 aliphatic rings. The van der Waals surface area contributed by atoms with Gasteiger partial charge in [0.05, 0.1) is 21.8 Å². The maximum atomic E-state index is 12.5. The molecule has 0 saturated carbocycles. The van der Waals surface area contributed by atoms with Gasteiger partial charge in [0.1, 0.15) is 0 Å². The molecule has 0 atom stereocenters. The lowest BCUT2D eigenvalue weighted by Crippen LogP contribution is -2.33. The van der Waals surface area contributed by atoms with Crippen LogP contribution >= 0.6 is 11.6 Å². The van der Waals surface area contributed by atoms with E-state index in [9.17, 15) is 21.6 Å². The number of nitrogens with one attached hydrogen (secondary N) is 1. The molecule has 0 aliphatic carbocycles. The summed E-state index contributed by atoms with van der Waals surface area (Å²) in [6, 6.07) is 12.3. The van der Waals surface area contributed by atoms with Gasteiger partial charge >= 0.3 is 0 Å². The normalized spacial score (nSPS) is 18.2. The maximum absolute atomic E-state index is 12.5. The molecule has 1 fully saturated rings. The van der Waals surface area contributed by atoms with Crippen LogP contribution in [0.2, 0.25) is 5.02 Å². The first-order chi connectivity index (χ1) is 13.4. The zero-order valence-electron chi connectivity index (χ0n) is 15.9. The average Bonchev–Trinajstić information content (AvgIpc) is 2.79. The van der Waals surface area contributed by atoms with E-state index in [0.29, 0.717) is 11.4 Å². The number of nitrogens with zero attached hydrogens (tertiary/aromatic N) is 1. The molecule has 1 amide bonds. The van der Waals surface area contributed by atoms with Crippen molar-refractivity contribution in [2.45, 2.75) is 25.2 Å². The van der Waals surface area contributed by atoms with E-state index in [1.54, 1.807) is 26.0 Å². The molecule has 1 N–H and O–H groups in total. The molecule has 1 aliphatic heterocycles. The second kappa shape index (κ2) is 7.71. The summed E-state index contributed by atoms with van der Waals surface area (Å²) in [5.74, 6) is -0.820. The Kier molecular flexibility index (Phi) is 5.79. The lowest BCUT2D eigenvalue weighted by molar-refractivity contribution is -0.123. The minimum absolute atomic E-state index is 0.0133. The topological polar surface area (TPSA) is 101 Å². The summed E-state index contributed by atoms with van der Waals surface area (Å²) in [5, 5.41) is 0.608. The molecule has 1 heterocycles. The minimum Gasteiger partial charge on any atom is -0.273 e. The van der Waals surface area contributed by atoms with Gasteiger partial charge in [0.2, 0.25) is 26.0 Å². The van der Waals surface area contributed by atoms with Crippen LogP contribution in [0.25, 0.3) is 0 Å². The standard InChI is InChI=1S/C19H21ClN2O5S2/c1-19(2)13-28(24,25)22(18(19)23)16-7-9-17(10-8-16)29(26,27)21-12-11-14-3-5-15(20)6-4-14/h3-10,21H,11-13H2,1-2H3. The van der Waals surface area contributed by atoms with E-state index in [0.717, 1.165) is 9.87 Å². The lowest BCUT2D eigenvalue weighted by Gasteiger charge is -2.17. The van der Waals surface area contributed by atoms with Crippen molar-refractivity contribution in [3.8, 4) is 0 Å². The zero-order chi connectivity index (χ0) is 21.4. The largest absolute Gasteiger partial charge is 0.273 e. The van der Waals surface area contributed by atoms with Crippen LogP contribution in [-0.2, 0) is 31.3 Å². The molecule has 2 aromatic carbocycles. The third-order valence-corrected chi connectivity index (χ3v) is 8.33. The van der Waals surface area contributed by atoms with Crippen molar-refractivity contribution in [1.29, 1.82) is 0 Å². The quantitative estimate of drug-likeness (QED) is 0.719. The molecule has 7 nitrogen and oxygen atoms in total. The molecule has 156 valence electrons. The van der Waals surface area contributed by atoms with Crippen LogP contribution in [0.15, 0.2) is 53.4 Å². The first kappa shape index (κ1) is 21.8. The molecule has 0 spiro atoms. The Bertz CT molecular complexity index is 1130. The van der Waals surface area contributed by atoms with Crippen molar-refractivity contribution in [2.75, 3.05) is 16.6 Å². The van der Waals surface area contributed by atoms with Crippen molar-refractivity contribution in [3.63, 3.8) is 0 Å². The molecule has 0 aromatic heterocycles. The Labute approximate surface area is 175 Å². The number of amides is 1. The Morgan fingerprint density at radius 1 is 1.07 bits per heavy atom. The zero-order valence-corrected chi connectivity index (χ0v) is 18.3. The summed E-state index contributed by atoms with van der Waals surface area (Å²) in [4.78, 5) is 12.4. The van der Waals surface area contributed by atoms with Crippen molar-refractivity contribution in [2.24, 2.45) is 5.41 Å². The van der Waals surface area contributed by atoms with Crippen molar-refractivity contribution < 1.29 is 21.6 Å². The summed E-state index contributed by atoms with van der Waals surface area (Å²) >= 11 is 5.83. The number of halogens is 1. The minimum atomic E-state index is -3.78. The molecule has 10 heteroatoms. The van der Waals surface area contributed by atoms with Gasteiger partial charge in [-0.05, 0) is 62.2 Å². The van der Waals surface area contributed by atoms with Crippen LogP contribution in [0.5, 0.6) is 0 Å². The number of rotatable bonds is 6. The SMILES string of the molecule is CC1(C)CS(=O)(=O)N(c2ccc(S(=O)(=O)NCCc3ccc(Cl)cc3)cc2)C1=O. The summed E-state index contributed by atoms with van der Waals surface area (Å²) in [6.07, 6.45) is 0.490. The van der Waals surface area contributed by atoms with Crippen LogP contribution in [0.3, 0.4) is 0 Å². The smallest absolute Gasteiger partial charge is 0.247 e. The van der Waals surface area contributed by atoms with Gasteiger partial charge in [-0.2, -0.15) is 0 Å². The molecule has 0 unspecified atom stereocenters. The van der Waals surface area contributed by atoms with Gasteiger partial charge in [0, 0.05) is 11.6 Å². The molecule has 2 aromatic rings. The second-order valence-corrected chi connectivity index (χ2v) is 11.5. The van der Waals surface area contributed by atoms with Crippen LogP contribution < -0.4 is 9.03 Å². The fourth-order valence-electron chi connectivity index (χ4n) is 3.09. The van der Waals surface area contributed by atoms with Crippen LogP contribution in [0.4, 0.5) is 5.69 Å². The van der Waals surface area contributed by atoms with Crippen LogP contribution in [0, 0.1) is 5.41 Å². The van der Waals surface area contributed by atoms with Crippen molar-refractivity contribution >= 4 is 43.2 Å². The number of carbonyl (C=O) groups is 1. The maximum Gasteiger partial charge on any atom is 0.247 e. The molecule has 29 heavy (non-hydrogen) atoms. The lowest BCUT2D eigenvalue weighted by atomic mass is 9.95. The summed E-state index contributed by atoms with van der Waals surface area (Å²) in [6.45, 7) is 3.32. The van der Waals surface area contributed by atoms with E-state index in [2.05, 4.69) is 4.72 Å². The van der Waals surface area contributed by atoms with E-state index in [1.807, 2.05) is 12.1 Å². The van der Waals surface area contributed by atoms with Gasteiger partial charge in [-0.3, -0.25) is 4.79 Å². The second-order valence-electron chi connectivity index (χ2n) is 7.48. The average molecular weight is 457 g/mol. The fraction of sp³-hybridized carbons (Fsp3) is 0.316. The van der Waals surface area contributed by atoms with Crippen molar-refractivity contribution in [1.82, 2.24) is 4.72 Å². The van der Waals surface area contributed by atoms with Gasteiger partial charge < -0.3 is 0 Å². The highest BCUT2D eigenvalue weighted by Crippen LogP contribution is 2.35. The van der Waals surface area contributed by atoms with Gasteiger partial charge in [-0.15, -0.1) is 0 Å². The molecule has 1 saturated heterocycles. The highest BCUT2D eigenvalue weighted by molar-refractivity contribution is 7.94. The number of benzene rings is 2. The predicted octanol–water partition coefficient (Wildman–Crippen LogP) is 2.56. The first-order valence-corrected chi connectivity index (χ1v) is 12.3. The number of anilines is 1. The van der Waals surface area contributed by atoms with Gasteiger partial charge in [0.25, 0.3) is 0 Å². The molecule has 3 rings (SSSR count). The van der Waals surface area contributed by atoms with Crippen molar-refractivity contribution in [3.05, 3.63) is 59.1 Å². The van der Waals surface area contributed by atoms with Gasteiger partial charge in [-0.1, -0.05) is 23.7 Å². The van der Waals surface area contributed by atoms with Gasteiger partial charge in [-0.25, -0.2) is 25.9 Å². The van der Waals surface area contributed by atoms with Gasteiger partial charge in [0.15, 0.2) is 0 Å². The number of carbonyl (C=O) groups excluding carboxylic acids is 1. The van der Waals surface area contributed by atoms with Crippen LogP contribution in [-0.4, -0.2) is 35.0 Å². The van der Waals surface area contributed by atoms with Crippen LogP contribution in [0.1, 0.15) is 19.4 Å². The Morgan fingerprint density at radius 2 is 1.66 bits per heavy atom. The molecular weight excluding hydrogens is 436 g/mol. The predicted molar refractivity (Wildman–Crippen MR) is 112 cm³/mol. The number of sulfonamides is 2. The summed E-state index contributed by atoms with van der Waals surface area (Å²) in [5.41, 5.74) is 0.0424. The van der Waals surface area contributed by atoms with E-state index < -0.39 is 31.4 Å². The summed E-state index contributed by atoms with van der Waals surface area (Å²) in [7, 11) is -7.56. The first-order valence-electron chi connectivity index (χ1n) is 8.84. The monoisotopic (exact) mass is 456 g/mol. The third kappa shape index (κ3) is 4.63. The highest BCUT2D eigenvalue weighted by atomic mass is 35.5. The molecular formula is C19H21ClN2O5S2. The fourth-order valence-corrected chi connectivity index (χ4v) is 6.35. The molecule has 0 radical (unpaired) electrons. The number of hydrogen-bond acceptors (Lipinski definition) is 5. The van der Waals surface area contributed by atoms with E-state index in [-0.39, 0.29) is 22.9 Å². The van der Waals surface area contributed by atoms with E-state index >= 15 is 0 Å².